The topological polar surface area (TPSA) is 12.9 Å². The van der Waals surface area contributed by atoms with Gasteiger partial charge < -0.3 is 0 Å². The molecule has 0 aliphatic heterocycles. The monoisotopic (exact) mass is 373 g/mol. The molecule has 0 fully saturated rings. The van der Waals surface area contributed by atoms with E-state index >= 15 is 0 Å². The van der Waals surface area contributed by atoms with E-state index in [1.807, 2.05) is 18.2 Å². The van der Waals surface area contributed by atoms with Crippen LogP contribution in [-0.2, 0) is 6.42 Å². The first-order valence-corrected chi connectivity index (χ1v) is 9.86. The first kappa shape index (κ1) is 19.7. The summed E-state index contributed by atoms with van der Waals surface area (Å²) in [6, 6.07) is 16.8. The predicted molar refractivity (Wildman–Crippen MR) is 106 cm³/mol. The number of alkyl halides is 3. The number of aromatic nitrogens is 1. The smallest absolute Gasteiger partial charge is 0.248 e. The molecule has 4 heteroatoms. The zero-order chi connectivity index (χ0) is 19.1. The van der Waals surface area contributed by atoms with E-state index in [-0.39, 0.29) is 6.42 Å². The van der Waals surface area contributed by atoms with E-state index in [4.69, 9.17) is 4.98 Å². The first-order chi connectivity index (χ1) is 13.0. The molecule has 0 aliphatic rings. The van der Waals surface area contributed by atoms with Crippen LogP contribution < -0.4 is 0 Å². The molecule has 144 valence electrons. The molecule has 0 N–H and O–H groups in total. The van der Waals surface area contributed by atoms with E-state index in [1.54, 1.807) is 0 Å². The molecule has 0 aliphatic carbocycles. The molecule has 3 rings (SSSR count). The molecule has 0 unspecified atom stereocenters. The van der Waals surface area contributed by atoms with Gasteiger partial charge in [-0.1, -0.05) is 62.4 Å². The second kappa shape index (κ2) is 9.20. The van der Waals surface area contributed by atoms with Crippen molar-refractivity contribution in [1.29, 1.82) is 0 Å². The van der Waals surface area contributed by atoms with Crippen LogP contribution in [0.25, 0.3) is 21.8 Å². The van der Waals surface area contributed by atoms with Crippen LogP contribution in [0.1, 0.15) is 56.9 Å². The molecule has 1 heterocycles. The zero-order valence-corrected chi connectivity index (χ0v) is 15.6. The Morgan fingerprint density at radius 3 is 2.11 bits per heavy atom. The Morgan fingerprint density at radius 1 is 0.667 bits per heavy atom. The van der Waals surface area contributed by atoms with Crippen LogP contribution in [0.4, 0.5) is 13.2 Å². The van der Waals surface area contributed by atoms with Gasteiger partial charge in [0.1, 0.15) is 0 Å². The molecular weight excluding hydrogens is 347 g/mol. The Bertz CT molecular complexity index is 870. The van der Waals surface area contributed by atoms with Gasteiger partial charge in [-0.25, -0.2) is 4.98 Å². The molecule has 0 bridgehead atoms. The van der Waals surface area contributed by atoms with Gasteiger partial charge in [0.2, 0.25) is 0 Å². The standard InChI is InChI=1S/C23H26F3N/c24-23(25,26)15-9-5-3-1-2-4-6-10-18-13-14-20-17-19-11-7-8-12-21(19)27-22(20)16-18/h7-8,11-14,16-17H,1-6,9-10,15H2. The van der Waals surface area contributed by atoms with Gasteiger partial charge in [-0.15, -0.1) is 0 Å². The Kier molecular flexibility index (Phi) is 6.70. The van der Waals surface area contributed by atoms with Crippen LogP contribution in [-0.4, -0.2) is 11.2 Å². The average molecular weight is 373 g/mol. The average Bonchev–Trinajstić information content (AvgIpc) is 2.64. The van der Waals surface area contributed by atoms with E-state index < -0.39 is 12.6 Å². The largest absolute Gasteiger partial charge is 0.389 e. The van der Waals surface area contributed by atoms with Crippen LogP contribution in [0, 0.1) is 0 Å². The Morgan fingerprint density at radius 2 is 1.33 bits per heavy atom. The number of hydrogen-bond acceptors (Lipinski definition) is 1. The fourth-order valence-corrected chi connectivity index (χ4v) is 3.51. The molecule has 0 spiro atoms. The van der Waals surface area contributed by atoms with Crippen molar-refractivity contribution in [2.75, 3.05) is 0 Å². The quantitative estimate of drug-likeness (QED) is 0.278. The van der Waals surface area contributed by atoms with Crippen LogP contribution in [0.3, 0.4) is 0 Å². The normalized spacial score (nSPS) is 12.1. The van der Waals surface area contributed by atoms with Crippen LogP contribution in [0.5, 0.6) is 0 Å². The minimum Gasteiger partial charge on any atom is -0.248 e. The Balaban J connectivity index is 1.40. The lowest BCUT2D eigenvalue weighted by Crippen LogP contribution is -2.06. The van der Waals surface area contributed by atoms with E-state index in [9.17, 15) is 13.2 Å². The number of rotatable bonds is 9. The second-order valence-corrected chi connectivity index (χ2v) is 7.30. The predicted octanol–water partition coefficient (Wildman–Crippen LogP) is 7.61. The molecule has 1 nitrogen and oxygen atoms in total. The van der Waals surface area contributed by atoms with E-state index in [0.29, 0.717) is 6.42 Å². The highest BCUT2D eigenvalue weighted by Crippen LogP contribution is 2.24. The summed E-state index contributed by atoms with van der Waals surface area (Å²) in [4.78, 5) is 4.76. The highest BCUT2D eigenvalue weighted by atomic mass is 19.4. The number of unbranched alkanes of at least 4 members (excludes halogenated alkanes) is 6. The number of nitrogens with zero attached hydrogens (tertiary/aromatic N) is 1. The maximum absolute atomic E-state index is 12.1. The number of para-hydroxylation sites is 1. The fourth-order valence-electron chi connectivity index (χ4n) is 3.51. The maximum atomic E-state index is 12.1. The highest BCUT2D eigenvalue weighted by molar-refractivity contribution is 5.92. The van der Waals surface area contributed by atoms with Crippen LogP contribution in [0.15, 0.2) is 48.5 Å². The number of halogens is 3. The van der Waals surface area contributed by atoms with Gasteiger partial charge in [-0.2, -0.15) is 13.2 Å². The van der Waals surface area contributed by atoms with Crippen molar-refractivity contribution in [3.05, 3.63) is 54.1 Å². The van der Waals surface area contributed by atoms with Crippen LogP contribution in [0.2, 0.25) is 0 Å². The van der Waals surface area contributed by atoms with Gasteiger partial charge in [0.15, 0.2) is 0 Å². The van der Waals surface area contributed by atoms with Crippen molar-refractivity contribution in [1.82, 2.24) is 4.98 Å². The lowest BCUT2D eigenvalue weighted by molar-refractivity contribution is -0.135. The minimum absolute atomic E-state index is 0.266. The SMILES string of the molecule is FC(F)(F)CCCCCCCCCc1ccc2cc3ccccc3nc2c1. The number of hydrogen-bond donors (Lipinski definition) is 0. The second-order valence-electron chi connectivity index (χ2n) is 7.30. The number of fused-ring (bicyclic) bond motifs is 2. The van der Waals surface area contributed by atoms with Gasteiger partial charge in [0.05, 0.1) is 11.0 Å². The zero-order valence-electron chi connectivity index (χ0n) is 15.6. The third-order valence-electron chi connectivity index (χ3n) is 5.01. The summed E-state index contributed by atoms with van der Waals surface area (Å²) in [7, 11) is 0. The first-order valence-electron chi connectivity index (χ1n) is 9.86. The Hall–Kier alpha value is -2.10. The third kappa shape index (κ3) is 6.23. The number of pyridine rings is 1. The molecule has 0 atom stereocenters. The van der Waals surface area contributed by atoms with Crippen molar-refractivity contribution in [3.63, 3.8) is 0 Å². The molecular formula is C23H26F3N. The maximum Gasteiger partial charge on any atom is 0.389 e. The number of aryl methyl sites for hydroxylation is 1. The molecule has 0 saturated heterocycles. The van der Waals surface area contributed by atoms with Gasteiger partial charge >= 0.3 is 6.18 Å². The molecule has 0 saturated carbocycles. The fraction of sp³-hybridized carbons (Fsp3) is 0.435. The summed E-state index contributed by atoms with van der Waals surface area (Å²) in [6.45, 7) is 0. The molecule has 3 aromatic rings. The van der Waals surface area contributed by atoms with E-state index in [1.165, 1.54) is 5.56 Å². The van der Waals surface area contributed by atoms with E-state index in [0.717, 1.165) is 60.3 Å². The van der Waals surface area contributed by atoms with Gasteiger partial charge in [0, 0.05) is 17.2 Å². The summed E-state index contributed by atoms with van der Waals surface area (Å²) in [5.41, 5.74) is 3.36. The highest BCUT2D eigenvalue weighted by Gasteiger charge is 2.25. The Labute approximate surface area is 158 Å². The molecule has 1 aromatic heterocycles. The minimum atomic E-state index is -4.00. The number of benzene rings is 2. The summed E-state index contributed by atoms with van der Waals surface area (Å²) in [5, 5.41) is 2.32. The molecule has 2 aromatic carbocycles. The molecule has 0 amide bonds. The van der Waals surface area contributed by atoms with Crippen molar-refractivity contribution in [3.8, 4) is 0 Å². The van der Waals surface area contributed by atoms with Crippen molar-refractivity contribution in [2.24, 2.45) is 0 Å². The molecule has 27 heavy (non-hydrogen) atoms. The summed E-state index contributed by atoms with van der Waals surface area (Å²) < 4.78 is 36.2. The third-order valence-corrected chi connectivity index (χ3v) is 5.01. The summed E-state index contributed by atoms with van der Waals surface area (Å²) >= 11 is 0. The van der Waals surface area contributed by atoms with Gasteiger partial charge in [0.25, 0.3) is 0 Å². The van der Waals surface area contributed by atoms with Gasteiger partial charge in [-0.3, -0.25) is 0 Å². The summed E-state index contributed by atoms with van der Waals surface area (Å²) in [6.07, 6.45) is 2.61. The van der Waals surface area contributed by atoms with Crippen molar-refractivity contribution >= 4 is 21.8 Å². The van der Waals surface area contributed by atoms with E-state index in [2.05, 4.69) is 30.3 Å². The lowest BCUT2D eigenvalue weighted by atomic mass is 10.0. The van der Waals surface area contributed by atoms with Crippen LogP contribution >= 0.6 is 0 Å². The van der Waals surface area contributed by atoms with Gasteiger partial charge in [-0.05, 0) is 43.0 Å². The summed E-state index contributed by atoms with van der Waals surface area (Å²) in [5.74, 6) is 0. The molecule has 0 radical (unpaired) electrons. The lowest BCUT2D eigenvalue weighted by Gasteiger charge is -2.06. The van der Waals surface area contributed by atoms with Crippen molar-refractivity contribution in [2.45, 2.75) is 64.0 Å². The van der Waals surface area contributed by atoms with Crippen molar-refractivity contribution < 1.29 is 13.2 Å².